The molecule has 4 heteroatoms. The van der Waals surface area contributed by atoms with E-state index in [1.54, 1.807) is 0 Å². The van der Waals surface area contributed by atoms with Crippen molar-refractivity contribution in [1.29, 1.82) is 0 Å². The first-order valence-electron chi connectivity index (χ1n) is 7.35. The largest absolute Gasteiger partial charge is 0.366 e. The Morgan fingerprint density at radius 2 is 1.91 bits per heavy atom. The van der Waals surface area contributed by atoms with Crippen LogP contribution in [-0.2, 0) is 5.72 Å². The van der Waals surface area contributed by atoms with E-state index in [1.165, 1.54) is 0 Å². The Hall–Kier alpha value is -1.81. The molecule has 22 heavy (non-hydrogen) atoms. The molecule has 0 saturated carbocycles. The lowest BCUT2D eigenvalue weighted by Crippen LogP contribution is -2.37. The van der Waals surface area contributed by atoms with E-state index in [9.17, 15) is 5.11 Å². The highest BCUT2D eigenvalue weighted by molar-refractivity contribution is 6.31. The van der Waals surface area contributed by atoms with Gasteiger partial charge in [-0.05, 0) is 37.9 Å². The maximum Gasteiger partial charge on any atom is 0.169 e. The predicted octanol–water partition coefficient (Wildman–Crippen LogP) is 3.60. The number of nitrogens with one attached hydrogen (secondary N) is 1. The summed E-state index contributed by atoms with van der Waals surface area (Å²) in [5.74, 6) is 0. The van der Waals surface area contributed by atoms with Gasteiger partial charge in [0.25, 0.3) is 0 Å². The second kappa shape index (κ2) is 6.13. The van der Waals surface area contributed by atoms with Crippen molar-refractivity contribution >= 4 is 22.5 Å². The number of fused-ring (bicyclic) bond motifs is 1. The number of aromatic nitrogens is 1. The van der Waals surface area contributed by atoms with Crippen LogP contribution in [0.2, 0.25) is 5.02 Å². The van der Waals surface area contributed by atoms with Crippen LogP contribution in [0.25, 0.3) is 10.9 Å². The first-order valence-corrected chi connectivity index (χ1v) is 7.72. The van der Waals surface area contributed by atoms with Crippen molar-refractivity contribution in [2.45, 2.75) is 12.1 Å². The summed E-state index contributed by atoms with van der Waals surface area (Å²) < 4.78 is 1.92. The summed E-state index contributed by atoms with van der Waals surface area (Å²) in [6.07, 6.45) is 2.49. The Labute approximate surface area is 135 Å². The van der Waals surface area contributed by atoms with E-state index in [0.29, 0.717) is 18.0 Å². The molecule has 1 atom stereocenters. The van der Waals surface area contributed by atoms with Gasteiger partial charge in [-0.1, -0.05) is 41.9 Å². The lowest BCUT2D eigenvalue weighted by Gasteiger charge is -2.31. The van der Waals surface area contributed by atoms with Gasteiger partial charge in [0, 0.05) is 28.6 Å². The topological polar surface area (TPSA) is 37.2 Å². The molecule has 3 aromatic rings. The average Bonchev–Trinajstić information content (AvgIpc) is 2.97. The maximum atomic E-state index is 11.4. The SMILES string of the molecule is CNCCC(O)(c1ccccc1)n1ccc2cc(Cl)ccc21. The Kier molecular flexibility index (Phi) is 4.21. The van der Waals surface area contributed by atoms with Crippen LogP contribution in [0.3, 0.4) is 0 Å². The van der Waals surface area contributed by atoms with Gasteiger partial charge in [-0.25, -0.2) is 0 Å². The van der Waals surface area contributed by atoms with Crippen LogP contribution in [-0.4, -0.2) is 23.3 Å². The maximum absolute atomic E-state index is 11.4. The Morgan fingerprint density at radius 1 is 1.14 bits per heavy atom. The molecule has 1 aromatic heterocycles. The minimum Gasteiger partial charge on any atom is -0.366 e. The third kappa shape index (κ3) is 2.63. The molecule has 0 fully saturated rings. The molecule has 0 aliphatic rings. The van der Waals surface area contributed by atoms with Crippen LogP contribution in [0.4, 0.5) is 0 Å². The number of nitrogens with zero attached hydrogens (tertiary/aromatic N) is 1. The standard InChI is InChI=1S/C18H19ClN2O/c1-20-11-10-18(22,15-5-3-2-4-6-15)21-12-9-14-13-16(19)7-8-17(14)21/h2-9,12-13,20,22H,10-11H2,1H3. The number of halogens is 1. The summed E-state index contributed by atoms with van der Waals surface area (Å²) in [4.78, 5) is 0. The van der Waals surface area contributed by atoms with E-state index >= 15 is 0 Å². The van der Waals surface area contributed by atoms with Gasteiger partial charge in [-0.2, -0.15) is 0 Å². The van der Waals surface area contributed by atoms with Gasteiger partial charge in [0.1, 0.15) is 0 Å². The van der Waals surface area contributed by atoms with Crippen LogP contribution < -0.4 is 5.32 Å². The van der Waals surface area contributed by atoms with Crippen LogP contribution >= 0.6 is 11.6 Å². The molecule has 2 aromatic carbocycles. The van der Waals surface area contributed by atoms with Crippen LogP contribution in [0.1, 0.15) is 12.0 Å². The average molecular weight is 315 g/mol. The van der Waals surface area contributed by atoms with Gasteiger partial charge in [-0.3, -0.25) is 0 Å². The van der Waals surface area contributed by atoms with Gasteiger partial charge >= 0.3 is 0 Å². The summed E-state index contributed by atoms with van der Waals surface area (Å²) in [6.45, 7) is 0.707. The van der Waals surface area contributed by atoms with Crippen molar-refractivity contribution < 1.29 is 5.11 Å². The van der Waals surface area contributed by atoms with Gasteiger partial charge < -0.3 is 15.0 Å². The van der Waals surface area contributed by atoms with Crippen LogP contribution in [0, 0.1) is 0 Å². The fourth-order valence-electron chi connectivity index (χ4n) is 2.84. The van der Waals surface area contributed by atoms with Crippen LogP contribution in [0.5, 0.6) is 0 Å². The molecule has 0 bridgehead atoms. The van der Waals surface area contributed by atoms with Crippen molar-refractivity contribution in [2.75, 3.05) is 13.6 Å². The minimum absolute atomic E-state index is 0.569. The summed E-state index contributed by atoms with van der Waals surface area (Å²) >= 11 is 6.06. The van der Waals surface area contributed by atoms with Crippen molar-refractivity contribution in [3.05, 3.63) is 71.4 Å². The monoisotopic (exact) mass is 314 g/mol. The number of benzene rings is 2. The quantitative estimate of drug-likeness (QED) is 0.755. The Bertz CT molecular complexity index is 769. The molecular formula is C18H19ClN2O. The smallest absolute Gasteiger partial charge is 0.169 e. The highest BCUT2D eigenvalue weighted by atomic mass is 35.5. The highest BCUT2D eigenvalue weighted by Gasteiger charge is 2.31. The lowest BCUT2D eigenvalue weighted by atomic mass is 9.98. The summed E-state index contributed by atoms with van der Waals surface area (Å²) in [7, 11) is 1.89. The summed E-state index contributed by atoms with van der Waals surface area (Å²) in [5.41, 5.74) is 0.740. The van der Waals surface area contributed by atoms with E-state index in [2.05, 4.69) is 5.32 Å². The van der Waals surface area contributed by atoms with Crippen molar-refractivity contribution in [3.63, 3.8) is 0 Å². The second-order valence-corrected chi connectivity index (χ2v) is 5.86. The molecule has 0 spiro atoms. The summed E-state index contributed by atoms with van der Waals surface area (Å²) in [6, 6.07) is 17.5. The molecule has 0 aliphatic carbocycles. The molecule has 1 heterocycles. The third-order valence-electron chi connectivity index (χ3n) is 4.01. The zero-order chi connectivity index (χ0) is 15.6. The third-order valence-corrected chi connectivity index (χ3v) is 4.25. The molecule has 0 amide bonds. The van der Waals surface area contributed by atoms with E-state index < -0.39 is 5.72 Å². The fourth-order valence-corrected chi connectivity index (χ4v) is 3.02. The van der Waals surface area contributed by atoms with Crippen LogP contribution in [0.15, 0.2) is 60.8 Å². The zero-order valence-electron chi connectivity index (χ0n) is 12.5. The van der Waals surface area contributed by atoms with E-state index in [-0.39, 0.29) is 0 Å². The first-order chi connectivity index (χ1) is 10.6. The fraction of sp³-hybridized carbons (Fsp3) is 0.222. The van der Waals surface area contributed by atoms with E-state index in [0.717, 1.165) is 16.5 Å². The minimum atomic E-state index is -1.10. The van der Waals surface area contributed by atoms with Crippen molar-refractivity contribution in [1.82, 2.24) is 9.88 Å². The zero-order valence-corrected chi connectivity index (χ0v) is 13.2. The molecule has 3 rings (SSSR count). The second-order valence-electron chi connectivity index (χ2n) is 5.43. The number of rotatable bonds is 5. The lowest BCUT2D eigenvalue weighted by molar-refractivity contribution is 0.00176. The summed E-state index contributed by atoms with van der Waals surface area (Å²) in [5, 5.41) is 16.3. The molecule has 3 nitrogen and oxygen atoms in total. The first kappa shape index (κ1) is 15.1. The molecule has 0 radical (unpaired) electrons. The Morgan fingerprint density at radius 3 is 2.64 bits per heavy atom. The molecular weight excluding hydrogens is 296 g/mol. The van der Waals surface area contributed by atoms with Gasteiger partial charge in [0.15, 0.2) is 5.72 Å². The number of aliphatic hydroxyl groups is 1. The van der Waals surface area contributed by atoms with Gasteiger partial charge in [-0.15, -0.1) is 0 Å². The van der Waals surface area contributed by atoms with Gasteiger partial charge in [0.05, 0.1) is 5.52 Å². The number of hydrogen-bond donors (Lipinski definition) is 2. The Balaban J connectivity index is 2.16. The van der Waals surface area contributed by atoms with E-state index in [1.807, 2.05) is 72.4 Å². The van der Waals surface area contributed by atoms with Gasteiger partial charge in [0.2, 0.25) is 0 Å². The van der Waals surface area contributed by atoms with Crippen molar-refractivity contribution in [3.8, 4) is 0 Å². The number of hydrogen-bond acceptors (Lipinski definition) is 2. The van der Waals surface area contributed by atoms with E-state index in [4.69, 9.17) is 11.6 Å². The molecule has 1 unspecified atom stereocenters. The van der Waals surface area contributed by atoms with Crippen molar-refractivity contribution in [2.24, 2.45) is 0 Å². The molecule has 0 aliphatic heterocycles. The highest BCUT2D eigenvalue weighted by Crippen LogP contribution is 2.32. The predicted molar refractivity (Wildman–Crippen MR) is 91.2 cm³/mol. The molecule has 114 valence electrons. The molecule has 2 N–H and O–H groups in total. The normalized spacial score (nSPS) is 14.1. The molecule has 0 saturated heterocycles.